The third-order valence-electron chi connectivity index (χ3n) is 4.61. The summed E-state index contributed by atoms with van der Waals surface area (Å²) in [5, 5.41) is 3.32. The lowest BCUT2D eigenvalue weighted by molar-refractivity contribution is -0.120. The Labute approximate surface area is 172 Å². The van der Waals surface area contributed by atoms with Gasteiger partial charge in [0.05, 0.1) is 16.5 Å². The van der Waals surface area contributed by atoms with Crippen LogP contribution in [0.3, 0.4) is 0 Å². The number of nitrogens with one attached hydrogen (secondary N) is 1. The molecule has 1 heterocycles. The number of piperidine rings is 1. The first kappa shape index (κ1) is 20.3. The summed E-state index contributed by atoms with van der Waals surface area (Å²) < 4.78 is 27.7. The number of carbonyl (C=O) groups is 1. The molecular weight excluding hydrogens is 452 g/mol. The number of anilines is 1. The lowest BCUT2D eigenvalue weighted by atomic mass is 9.97. The van der Waals surface area contributed by atoms with E-state index in [9.17, 15) is 13.2 Å². The molecule has 2 aromatic rings. The topological polar surface area (TPSA) is 66.5 Å². The summed E-state index contributed by atoms with van der Waals surface area (Å²) in [5.41, 5.74) is 1.33. The van der Waals surface area contributed by atoms with E-state index in [0.29, 0.717) is 36.6 Å². The molecule has 8 heteroatoms. The van der Waals surface area contributed by atoms with E-state index in [-0.39, 0.29) is 17.6 Å². The number of rotatable bonds is 5. The molecule has 1 fully saturated rings. The third kappa shape index (κ3) is 5.31. The maximum atomic E-state index is 12.6. The Hall–Kier alpha value is -1.41. The maximum Gasteiger partial charge on any atom is 0.227 e. The summed E-state index contributed by atoms with van der Waals surface area (Å²) >= 11 is 9.42. The standard InChI is InChI=1S/C19H20BrClN2O3S/c20-16-7-5-14(6-8-16)13-27(25,26)23-11-9-15(10-12-23)19(24)22-18-4-2-1-3-17(18)21/h1-8,15H,9-13H2,(H,22,24). The van der Waals surface area contributed by atoms with Gasteiger partial charge in [0.2, 0.25) is 15.9 Å². The highest BCUT2D eigenvalue weighted by molar-refractivity contribution is 9.10. The molecule has 1 aliphatic heterocycles. The van der Waals surface area contributed by atoms with Crippen molar-refractivity contribution >= 4 is 49.1 Å². The zero-order chi connectivity index (χ0) is 19.4. The third-order valence-corrected chi connectivity index (χ3v) is 7.32. The molecule has 1 N–H and O–H groups in total. The van der Waals surface area contributed by atoms with Crippen molar-refractivity contribution in [2.24, 2.45) is 5.92 Å². The van der Waals surface area contributed by atoms with Gasteiger partial charge in [-0.05, 0) is 42.7 Å². The van der Waals surface area contributed by atoms with Gasteiger partial charge in [-0.2, -0.15) is 0 Å². The van der Waals surface area contributed by atoms with Crippen LogP contribution in [0.4, 0.5) is 5.69 Å². The summed E-state index contributed by atoms with van der Waals surface area (Å²) in [5.74, 6) is -0.370. The van der Waals surface area contributed by atoms with Crippen molar-refractivity contribution < 1.29 is 13.2 Å². The molecule has 0 aliphatic carbocycles. The SMILES string of the molecule is O=C(Nc1ccccc1Cl)C1CCN(S(=O)(=O)Cc2ccc(Br)cc2)CC1. The molecule has 1 aliphatic rings. The van der Waals surface area contributed by atoms with E-state index in [1.54, 1.807) is 36.4 Å². The van der Waals surface area contributed by atoms with E-state index in [0.717, 1.165) is 10.0 Å². The Balaban J connectivity index is 1.57. The normalized spacial score (nSPS) is 16.2. The number of amides is 1. The number of para-hydroxylation sites is 1. The molecule has 27 heavy (non-hydrogen) atoms. The average Bonchev–Trinajstić information content (AvgIpc) is 2.65. The van der Waals surface area contributed by atoms with Crippen molar-refractivity contribution in [3.05, 3.63) is 63.6 Å². The highest BCUT2D eigenvalue weighted by atomic mass is 79.9. The number of hydrogen-bond donors (Lipinski definition) is 1. The first-order valence-electron chi connectivity index (χ1n) is 8.63. The quantitative estimate of drug-likeness (QED) is 0.708. The van der Waals surface area contributed by atoms with Gasteiger partial charge in [-0.15, -0.1) is 0 Å². The van der Waals surface area contributed by atoms with Crippen LogP contribution < -0.4 is 5.32 Å². The molecule has 0 radical (unpaired) electrons. The molecule has 0 atom stereocenters. The van der Waals surface area contributed by atoms with E-state index in [1.807, 2.05) is 12.1 Å². The largest absolute Gasteiger partial charge is 0.325 e. The molecule has 0 spiro atoms. The van der Waals surface area contributed by atoms with Gasteiger partial charge in [0.25, 0.3) is 0 Å². The van der Waals surface area contributed by atoms with Crippen LogP contribution in [-0.2, 0) is 20.6 Å². The molecule has 144 valence electrons. The van der Waals surface area contributed by atoms with Gasteiger partial charge < -0.3 is 5.32 Å². The van der Waals surface area contributed by atoms with Gasteiger partial charge in [0, 0.05) is 23.5 Å². The lowest BCUT2D eigenvalue weighted by Gasteiger charge is -2.30. The van der Waals surface area contributed by atoms with Gasteiger partial charge in [0.15, 0.2) is 0 Å². The van der Waals surface area contributed by atoms with Crippen LogP contribution in [0.25, 0.3) is 0 Å². The van der Waals surface area contributed by atoms with Gasteiger partial charge in [-0.3, -0.25) is 4.79 Å². The van der Waals surface area contributed by atoms with E-state index in [1.165, 1.54) is 4.31 Å². The second kappa shape index (κ2) is 8.73. The van der Waals surface area contributed by atoms with Crippen LogP contribution in [0.5, 0.6) is 0 Å². The zero-order valence-corrected chi connectivity index (χ0v) is 17.7. The van der Waals surface area contributed by atoms with Gasteiger partial charge in [-0.25, -0.2) is 12.7 Å². The summed E-state index contributed by atoms with van der Waals surface area (Å²) in [6.45, 7) is 0.693. The molecular formula is C19H20BrClN2O3S. The van der Waals surface area contributed by atoms with Crippen LogP contribution in [0.2, 0.25) is 5.02 Å². The van der Waals surface area contributed by atoms with Gasteiger partial charge in [-0.1, -0.05) is 51.8 Å². The number of nitrogens with zero attached hydrogens (tertiary/aromatic N) is 1. The Morgan fingerprint density at radius 2 is 1.74 bits per heavy atom. The van der Waals surface area contributed by atoms with Crippen molar-refractivity contribution in [3.63, 3.8) is 0 Å². The van der Waals surface area contributed by atoms with Crippen LogP contribution in [0, 0.1) is 5.92 Å². The van der Waals surface area contributed by atoms with Crippen LogP contribution in [0.15, 0.2) is 53.0 Å². The van der Waals surface area contributed by atoms with Crippen molar-refractivity contribution in [1.29, 1.82) is 0 Å². The molecule has 0 aromatic heterocycles. The Kier molecular flexibility index (Phi) is 6.57. The fourth-order valence-electron chi connectivity index (χ4n) is 3.08. The fraction of sp³-hybridized carbons (Fsp3) is 0.316. The predicted molar refractivity (Wildman–Crippen MR) is 111 cm³/mol. The smallest absolute Gasteiger partial charge is 0.227 e. The molecule has 5 nitrogen and oxygen atoms in total. The number of carbonyl (C=O) groups excluding carboxylic acids is 1. The minimum absolute atomic E-state index is 0.0310. The highest BCUT2D eigenvalue weighted by Crippen LogP contribution is 2.26. The number of halogens is 2. The van der Waals surface area contributed by atoms with Crippen molar-refractivity contribution in [3.8, 4) is 0 Å². The minimum Gasteiger partial charge on any atom is -0.325 e. The average molecular weight is 472 g/mol. The number of hydrogen-bond acceptors (Lipinski definition) is 3. The van der Waals surface area contributed by atoms with Crippen molar-refractivity contribution in [1.82, 2.24) is 4.31 Å². The first-order valence-corrected chi connectivity index (χ1v) is 11.4. The zero-order valence-electron chi connectivity index (χ0n) is 14.6. The molecule has 0 saturated carbocycles. The fourth-order valence-corrected chi connectivity index (χ4v) is 5.09. The first-order chi connectivity index (χ1) is 12.8. The van der Waals surface area contributed by atoms with Gasteiger partial charge >= 0.3 is 0 Å². The minimum atomic E-state index is -3.40. The number of benzene rings is 2. The summed E-state index contributed by atoms with van der Waals surface area (Å²) in [6.07, 6.45) is 0.992. The summed E-state index contributed by atoms with van der Waals surface area (Å²) in [7, 11) is -3.40. The van der Waals surface area contributed by atoms with Crippen molar-refractivity contribution in [2.75, 3.05) is 18.4 Å². The summed E-state index contributed by atoms with van der Waals surface area (Å²) in [6, 6.07) is 14.3. The molecule has 1 saturated heterocycles. The highest BCUT2D eigenvalue weighted by Gasteiger charge is 2.31. The summed E-state index contributed by atoms with van der Waals surface area (Å²) in [4.78, 5) is 12.5. The monoisotopic (exact) mass is 470 g/mol. The second-order valence-corrected chi connectivity index (χ2v) is 9.82. The Morgan fingerprint density at radius 1 is 1.11 bits per heavy atom. The molecule has 2 aromatic carbocycles. The molecule has 0 unspecified atom stereocenters. The molecule has 0 bridgehead atoms. The lowest BCUT2D eigenvalue weighted by Crippen LogP contribution is -2.41. The van der Waals surface area contributed by atoms with Gasteiger partial charge in [0.1, 0.15) is 0 Å². The Bertz CT molecular complexity index is 911. The van der Waals surface area contributed by atoms with E-state index >= 15 is 0 Å². The van der Waals surface area contributed by atoms with Crippen molar-refractivity contribution in [2.45, 2.75) is 18.6 Å². The maximum absolute atomic E-state index is 12.6. The van der Waals surface area contributed by atoms with Crippen LogP contribution in [-0.4, -0.2) is 31.7 Å². The number of sulfonamides is 1. The Morgan fingerprint density at radius 3 is 2.37 bits per heavy atom. The molecule has 3 rings (SSSR count). The van der Waals surface area contributed by atoms with E-state index < -0.39 is 10.0 Å². The predicted octanol–water partition coefficient (Wildman–Crippen LogP) is 4.28. The second-order valence-electron chi connectivity index (χ2n) is 6.53. The van der Waals surface area contributed by atoms with E-state index in [4.69, 9.17) is 11.6 Å². The van der Waals surface area contributed by atoms with E-state index in [2.05, 4.69) is 21.2 Å². The van der Waals surface area contributed by atoms with Crippen LogP contribution >= 0.6 is 27.5 Å². The van der Waals surface area contributed by atoms with Crippen LogP contribution in [0.1, 0.15) is 18.4 Å². The molecule has 1 amide bonds.